The Morgan fingerprint density at radius 1 is 0.810 bits per heavy atom. The second kappa shape index (κ2) is 6.14. The lowest BCUT2D eigenvalue weighted by molar-refractivity contribution is 0.868. The molecule has 3 nitrogen and oxygen atoms in total. The molecule has 0 spiro atoms. The Kier molecular flexibility index (Phi) is 4.24. The Hall–Kier alpha value is -1.42. The second-order valence-corrected chi connectivity index (χ2v) is 5.84. The largest absolute Gasteiger partial charge is 0.251 e. The van der Waals surface area contributed by atoms with Crippen LogP contribution in [0.4, 0.5) is 0 Å². The summed E-state index contributed by atoms with van der Waals surface area (Å²) in [6.45, 7) is 0. The molecule has 0 N–H and O–H groups in total. The van der Waals surface area contributed by atoms with E-state index >= 15 is 0 Å². The van der Waals surface area contributed by atoms with E-state index < -0.39 is 0 Å². The lowest BCUT2D eigenvalue weighted by Gasteiger charge is -2.04. The van der Waals surface area contributed by atoms with Crippen molar-refractivity contribution >= 4 is 45.8 Å². The zero-order chi connectivity index (χ0) is 14.8. The molecule has 0 amide bonds. The first-order chi connectivity index (χ1) is 10.1. The lowest BCUT2D eigenvalue weighted by Crippen LogP contribution is -1.99. The molecule has 6 heteroatoms. The molecule has 106 valence electrons. The van der Waals surface area contributed by atoms with Crippen molar-refractivity contribution in [2.45, 2.75) is 12.8 Å². The fourth-order valence-electron chi connectivity index (χ4n) is 2.00. The van der Waals surface area contributed by atoms with Crippen molar-refractivity contribution in [3.05, 3.63) is 63.1 Å². The van der Waals surface area contributed by atoms with Crippen LogP contribution in [-0.4, -0.2) is 15.0 Å². The van der Waals surface area contributed by atoms with E-state index in [4.69, 9.17) is 34.8 Å². The maximum Gasteiger partial charge on any atom is 0.129 e. The van der Waals surface area contributed by atoms with Gasteiger partial charge in [0.2, 0.25) is 0 Å². The third-order valence-corrected chi connectivity index (χ3v) is 4.02. The molecule has 1 aromatic carbocycles. The summed E-state index contributed by atoms with van der Waals surface area (Å²) in [6.07, 6.45) is 4.79. The molecule has 2 aromatic heterocycles. The average molecular weight is 339 g/mol. The second-order valence-electron chi connectivity index (χ2n) is 4.59. The van der Waals surface area contributed by atoms with Gasteiger partial charge >= 0.3 is 0 Å². The molecule has 0 saturated heterocycles. The minimum atomic E-state index is 0.558. The first-order valence-electron chi connectivity index (χ1n) is 6.33. The van der Waals surface area contributed by atoms with Gasteiger partial charge in [-0.3, -0.25) is 4.98 Å². The molecular formula is C15H10Cl3N3. The topological polar surface area (TPSA) is 38.7 Å². The standard InChI is InChI=1S/C15H10Cl3N3/c16-10-6-13-14(19-7-10)8-20-15(21-13)4-2-9-1-3-11(17)12(18)5-9/h1,3,5-8H,2,4H2. The van der Waals surface area contributed by atoms with Crippen molar-refractivity contribution in [2.24, 2.45) is 0 Å². The Morgan fingerprint density at radius 2 is 1.67 bits per heavy atom. The summed E-state index contributed by atoms with van der Waals surface area (Å²) in [5.41, 5.74) is 2.58. The van der Waals surface area contributed by atoms with Gasteiger partial charge in [0, 0.05) is 12.6 Å². The maximum atomic E-state index is 6.00. The molecule has 0 radical (unpaired) electrons. The smallest absolute Gasteiger partial charge is 0.129 e. The molecule has 21 heavy (non-hydrogen) atoms. The van der Waals surface area contributed by atoms with Gasteiger partial charge in [-0.15, -0.1) is 0 Å². The van der Waals surface area contributed by atoms with Gasteiger partial charge in [0.1, 0.15) is 11.3 Å². The van der Waals surface area contributed by atoms with Gasteiger partial charge in [0.05, 0.1) is 26.8 Å². The van der Waals surface area contributed by atoms with Gasteiger partial charge in [-0.25, -0.2) is 9.97 Å². The molecule has 3 aromatic rings. The highest BCUT2D eigenvalue weighted by molar-refractivity contribution is 6.42. The van der Waals surface area contributed by atoms with Crippen LogP contribution in [0.5, 0.6) is 0 Å². The van der Waals surface area contributed by atoms with Crippen molar-refractivity contribution in [1.29, 1.82) is 0 Å². The van der Waals surface area contributed by atoms with Crippen LogP contribution in [-0.2, 0) is 12.8 Å². The van der Waals surface area contributed by atoms with Gasteiger partial charge in [0.25, 0.3) is 0 Å². The SMILES string of the molecule is Clc1cnc2cnc(CCc3ccc(Cl)c(Cl)c3)nc2c1. The number of rotatable bonds is 3. The molecule has 0 aliphatic rings. The van der Waals surface area contributed by atoms with Crippen molar-refractivity contribution in [1.82, 2.24) is 15.0 Å². The van der Waals surface area contributed by atoms with E-state index in [-0.39, 0.29) is 0 Å². The van der Waals surface area contributed by atoms with Crippen LogP contribution in [0.2, 0.25) is 15.1 Å². The van der Waals surface area contributed by atoms with Gasteiger partial charge in [-0.1, -0.05) is 40.9 Å². The molecule has 0 aliphatic heterocycles. The molecule has 0 bridgehead atoms. The number of benzene rings is 1. The van der Waals surface area contributed by atoms with Gasteiger partial charge in [0.15, 0.2) is 0 Å². The van der Waals surface area contributed by atoms with Crippen LogP contribution in [0, 0.1) is 0 Å². The number of aromatic nitrogens is 3. The van der Waals surface area contributed by atoms with Gasteiger partial charge < -0.3 is 0 Å². The van der Waals surface area contributed by atoms with E-state index in [1.54, 1.807) is 24.5 Å². The first-order valence-corrected chi connectivity index (χ1v) is 7.46. The Morgan fingerprint density at radius 3 is 2.48 bits per heavy atom. The monoisotopic (exact) mass is 337 g/mol. The van der Waals surface area contributed by atoms with E-state index in [9.17, 15) is 0 Å². The van der Waals surface area contributed by atoms with E-state index in [1.165, 1.54) is 0 Å². The predicted octanol–water partition coefficient (Wildman–Crippen LogP) is 4.77. The average Bonchev–Trinajstić information content (AvgIpc) is 2.48. The minimum Gasteiger partial charge on any atom is -0.251 e. The highest BCUT2D eigenvalue weighted by atomic mass is 35.5. The molecule has 0 unspecified atom stereocenters. The summed E-state index contributed by atoms with van der Waals surface area (Å²) in [7, 11) is 0. The lowest BCUT2D eigenvalue weighted by atomic mass is 10.1. The maximum absolute atomic E-state index is 6.00. The zero-order valence-electron chi connectivity index (χ0n) is 10.9. The van der Waals surface area contributed by atoms with Crippen LogP contribution in [0.1, 0.15) is 11.4 Å². The molecule has 2 heterocycles. The Balaban J connectivity index is 1.79. The predicted molar refractivity (Wildman–Crippen MR) is 86.2 cm³/mol. The Bertz CT molecular complexity index is 805. The highest BCUT2D eigenvalue weighted by Crippen LogP contribution is 2.23. The normalized spacial score (nSPS) is 11.0. The summed E-state index contributed by atoms with van der Waals surface area (Å²) < 4.78 is 0. The van der Waals surface area contributed by atoms with E-state index in [2.05, 4.69) is 15.0 Å². The van der Waals surface area contributed by atoms with Crippen molar-refractivity contribution < 1.29 is 0 Å². The fraction of sp³-hybridized carbons (Fsp3) is 0.133. The van der Waals surface area contributed by atoms with Crippen LogP contribution in [0.3, 0.4) is 0 Å². The molecular weight excluding hydrogens is 329 g/mol. The molecule has 0 atom stereocenters. The van der Waals surface area contributed by atoms with Crippen LogP contribution < -0.4 is 0 Å². The van der Waals surface area contributed by atoms with Crippen LogP contribution in [0.15, 0.2) is 36.7 Å². The molecule has 3 rings (SSSR count). The summed E-state index contributed by atoms with van der Waals surface area (Å²) in [4.78, 5) is 13.0. The third-order valence-electron chi connectivity index (χ3n) is 3.07. The summed E-state index contributed by atoms with van der Waals surface area (Å²) in [5, 5.41) is 1.68. The van der Waals surface area contributed by atoms with Crippen LogP contribution in [0.25, 0.3) is 11.0 Å². The molecule has 0 fully saturated rings. The van der Waals surface area contributed by atoms with Gasteiger partial charge in [-0.2, -0.15) is 0 Å². The number of nitrogens with zero attached hydrogens (tertiary/aromatic N) is 3. The van der Waals surface area contributed by atoms with Gasteiger partial charge in [-0.05, 0) is 30.2 Å². The number of halogens is 3. The molecule has 0 saturated carbocycles. The summed E-state index contributed by atoms with van der Waals surface area (Å²) in [5.74, 6) is 0.748. The van der Waals surface area contributed by atoms with Crippen molar-refractivity contribution in [3.63, 3.8) is 0 Å². The number of pyridine rings is 1. The number of aryl methyl sites for hydroxylation is 2. The van der Waals surface area contributed by atoms with E-state index in [1.807, 2.05) is 12.1 Å². The Labute approximate surface area is 136 Å². The number of hydrogen-bond acceptors (Lipinski definition) is 3. The van der Waals surface area contributed by atoms with Crippen LogP contribution >= 0.6 is 34.8 Å². The first kappa shape index (κ1) is 14.5. The number of fused-ring (bicyclic) bond motifs is 1. The van der Waals surface area contributed by atoms with Crippen molar-refractivity contribution in [3.8, 4) is 0 Å². The fourth-order valence-corrected chi connectivity index (χ4v) is 2.48. The van der Waals surface area contributed by atoms with Crippen molar-refractivity contribution in [2.75, 3.05) is 0 Å². The zero-order valence-corrected chi connectivity index (χ0v) is 13.1. The summed E-state index contributed by atoms with van der Waals surface area (Å²) in [6, 6.07) is 7.40. The third kappa shape index (κ3) is 3.43. The molecule has 0 aliphatic carbocycles. The highest BCUT2D eigenvalue weighted by Gasteiger charge is 2.04. The van der Waals surface area contributed by atoms with E-state index in [0.29, 0.717) is 21.5 Å². The number of hydrogen-bond donors (Lipinski definition) is 0. The minimum absolute atomic E-state index is 0.558. The van der Waals surface area contributed by atoms with E-state index in [0.717, 1.165) is 28.8 Å². The quantitative estimate of drug-likeness (QED) is 0.690. The summed E-state index contributed by atoms with van der Waals surface area (Å²) >= 11 is 17.8.